The van der Waals surface area contributed by atoms with Crippen molar-refractivity contribution < 1.29 is 0 Å². The number of thiophene rings is 1. The monoisotopic (exact) mass is 707 g/mol. The molecule has 3 heterocycles. The first kappa shape index (κ1) is 30.1. The molecule has 0 N–H and O–H groups in total. The van der Waals surface area contributed by atoms with Crippen LogP contribution in [0.15, 0.2) is 170 Å². The number of fused-ring (bicyclic) bond motifs is 5. The molecule has 0 fully saturated rings. The maximum absolute atomic E-state index is 5.60. The molecular weight excluding hydrogens is 675 g/mol. The van der Waals surface area contributed by atoms with Crippen LogP contribution >= 0.6 is 11.3 Å². The van der Waals surface area contributed by atoms with Gasteiger partial charge in [-0.1, -0.05) is 146 Å². The predicted octanol–water partition coefficient (Wildman–Crippen LogP) is 13.2. The zero-order valence-electron chi connectivity index (χ0n) is 29.4. The Labute approximate surface area is 317 Å². The van der Waals surface area contributed by atoms with Crippen LogP contribution in [0.25, 0.3) is 53.8 Å². The minimum Gasteiger partial charge on any atom is -0.278 e. The Balaban J connectivity index is 1.21. The third-order valence-electron chi connectivity index (χ3n) is 12.2. The Morgan fingerprint density at radius 1 is 0.574 bits per heavy atom. The molecule has 254 valence electrons. The molecule has 2 aromatic heterocycles. The molecule has 4 heteroatoms. The molecule has 9 aromatic rings. The van der Waals surface area contributed by atoms with Gasteiger partial charge in [-0.3, -0.25) is 4.90 Å². The van der Waals surface area contributed by atoms with Gasteiger partial charge in [0, 0.05) is 32.4 Å². The van der Waals surface area contributed by atoms with E-state index in [1.54, 1.807) is 11.3 Å². The maximum Gasteiger partial charge on any atom is 0.236 e. The van der Waals surface area contributed by atoms with E-state index in [2.05, 4.69) is 175 Å². The maximum atomic E-state index is 5.60. The van der Waals surface area contributed by atoms with Crippen LogP contribution in [0.2, 0.25) is 0 Å². The van der Waals surface area contributed by atoms with Crippen LogP contribution in [0.1, 0.15) is 46.6 Å². The van der Waals surface area contributed by atoms with Crippen LogP contribution in [0, 0.1) is 0 Å². The van der Waals surface area contributed by atoms with Gasteiger partial charge in [0.05, 0.1) is 17.1 Å². The Morgan fingerprint density at radius 2 is 1.26 bits per heavy atom. The highest BCUT2D eigenvalue weighted by Gasteiger charge is 2.55. The van der Waals surface area contributed by atoms with E-state index in [1.165, 1.54) is 65.8 Å². The molecule has 3 aliphatic carbocycles. The second-order valence-electron chi connectivity index (χ2n) is 14.8. The molecule has 7 aromatic carbocycles. The molecule has 2 bridgehead atoms. The molecule has 54 heavy (non-hydrogen) atoms. The highest BCUT2D eigenvalue weighted by Crippen LogP contribution is 2.67. The van der Waals surface area contributed by atoms with E-state index in [4.69, 9.17) is 9.97 Å². The lowest BCUT2D eigenvalue weighted by Gasteiger charge is -2.55. The van der Waals surface area contributed by atoms with E-state index in [1.807, 2.05) is 0 Å². The summed E-state index contributed by atoms with van der Waals surface area (Å²) in [6.45, 7) is 0. The van der Waals surface area contributed by atoms with Crippen LogP contribution in [0.4, 0.5) is 17.3 Å². The van der Waals surface area contributed by atoms with Gasteiger partial charge in [-0.2, -0.15) is 0 Å². The average molecular weight is 708 g/mol. The smallest absolute Gasteiger partial charge is 0.236 e. The van der Waals surface area contributed by atoms with Gasteiger partial charge in [0.15, 0.2) is 0 Å². The van der Waals surface area contributed by atoms with Crippen molar-refractivity contribution in [3.8, 4) is 33.5 Å². The third kappa shape index (κ3) is 4.06. The summed E-state index contributed by atoms with van der Waals surface area (Å²) in [4.78, 5) is 14.5. The zero-order valence-corrected chi connectivity index (χ0v) is 30.2. The van der Waals surface area contributed by atoms with Crippen molar-refractivity contribution in [2.45, 2.75) is 24.2 Å². The first-order chi connectivity index (χ1) is 26.8. The lowest BCUT2D eigenvalue weighted by molar-refractivity contribution is 0.426. The van der Waals surface area contributed by atoms with Gasteiger partial charge in [-0.05, 0) is 87.2 Å². The molecule has 0 radical (unpaired) electrons. The summed E-state index contributed by atoms with van der Waals surface area (Å²) in [7, 11) is 0. The van der Waals surface area contributed by atoms with Gasteiger partial charge >= 0.3 is 0 Å². The number of aromatic nitrogens is 2. The highest BCUT2D eigenvalue weighted by molar-refractivity contribution is 7.25. The number of hydrogen-bond acceptors (Lipinski definition) is 4. The lowest BCUT2D eigenvalue weighted by atomic mass is 9.50. The topological polar surface area (TPSA) is 29.0 Å². The number of rotatable bonds is 4. The highest BCUT2D eigenvalue weighted by atomic mass is 32.1. The van der Waals surface area contributed by atoms with E-state index in [0.717, 1.165) is 40.0 Å². The van der Waals surface area contributed by atoms with Gasteiger partial charge in [0.1, 0.15) is 4.83 Å². The van der Waals surface area contributed by atoms with E-state index in [-0.39, 0.29) is 5.41 Å². The molecule has 1 aliphatic heterocycles. The molecule has 0 saturated carbocycles. The second-order valence-corrected chi connectivity index (χ2v) is 15.9. The summed E-state index contributed by atoms with van der Waals surface area (Å²) < 4.78 is 1.22. The fourth-order valence-corrected chi connectivity index (χ4v) is 11.1. The minimum absolute atomic E-state index is 0.305. The number of anilines is 3. The van der Waals surface area contributed by atoms with Gasteiger partial charge < -0.3 is 0 Å². The molecule has 13 rings (SSSR count). The van der Waals surface area contributed by atoms with E-state index in [0.29, 0.717) is 11.9 Å². The van der Waals surface area contributed by atoms with Crippen molar-refractivity contribution in [3.63, 3.8) is 0 Å². The van der Waals surface area contributed by atoms with Crippen molar-refractivity contribution in [3.05, 3.63) is 198 Å². The largest absolute Gasteiger partial charge is 0.278 e. The van der Waals surface area contributed by atoms with Gasteiger partial charge in [-0.15, -0.1) is 11.3 Å². The molecule has 0 saturated heterocycles. The Kier molecular flexibility index (Phi) is 6.32. The summed E-state index contributed by atoms with van der Waals surface area (Å²) in [5, 5.41) is 2.32. The second kappa shape index (κ2) is 11.3. The van der Waals surface area contributed by atoms with Crippen LogP contribution < -0.4 is 4.90 Å². The normalized spacial score (nSPS) is 17.7. The molecule has 0 amide bonds. The van der Waals surface area contributed by atoms with E-state index in [9.17, 15) is 0 Å². The summed E-state index contributed by atoms with van der Waals surface area (Å²) in [5.74, 6) is 1.01. The predicted molar refractivity (Wildman–Crippen MR) is 223 cm³/mol. The number of benzene rings is 7. The van der Waals surface area contributed by atoms with Crippen molar-refractivity contribution in [1.29, 1.82) is 0 Å². The van der Waals surface area contributed by atoms with E-state index < -0.39 is 0 Å². The van der Waals surface area contributed by atoms with Crippen molar-refractivity contribution in [1.82, 2.24) is 9.97 Å². The minimum atomic E-state index is -0.318. The first-order valence-corrected chi connectivity index (χ1v) is 19.7. The van der Waals surface area contributed by atoms with Crippen molar-refractivity contribution in [2.75, 3.05) is 4.90 Å². The standard InChI is InChI=1S/C50H33N3S/c1-4-14-31(15-5-1)34-24-26-41-40(30-34)50-29-28-37(36-20-10-12-22-39(36)50)44-35(32-16-6-2-7-17-32)25-27-42(46(44)50)53(41)49-51-47(33-18-8-3-9-19-33)45-38-21-11-13-23-43(38)54-48(45)52-49/h1-27,30,37H,28-29H2. The Morgan fingerprint density at radius 3 is 2.07 bits per heavy atom. The van der Waals surface area contributed by atoms with E-state index >= 15 is 0 Å². The molecule has 1 spiro atoms. The number of nitrogens with zero attached hydrogens (tertiary/aromatic N) is 3. The molecule has 2 unspecified atom stereocenters. The number of hydrogen-bond donors (Lipinski definition) is 0. The van der Waals surface area contributed by atoms with Crippen molar-refractivity contribution >= 4 is 49.0 Å². The van der Waals surface area contributed by atoms with Gasteiger partial charge in [0.25, 0.3) is 0 Å². The summed E-state index contributed by atoms with van der Waals surface area (Å²) in [6.07, 6.45) is 2.15. The van der Waals surface area contributed by atoms with Gasteiger partial charge in [-0.25, -0.2) is 9.97 Å². The van der Waals surface area contributed by atoms with Crippen LogP contribution in [-0.4, -0.2) is 9.97 Å². The van der Waals surface area contributed by atoms with Crippen LogP contribution in [0.3, 0.4) is 0 Å². The van der Waals surface area contributed by atoms with Gasteiger partial charge in [0.2, 0.25) is 5.95 Å². The molecule has 4 aliphatic rings. The molecular formula is C50H33N3S. The first-order valence-electron chi connectivity index (χ1n) is 18.8. The summed E-state index contributed by atoms with van der Waals surface area (Å²) in [5.41, 5.74) is 16.2. The Bertz CT molecular complexity index is 2950. The van der Waals surface area contributed by atoms with Crippen molar-refractivity contribution in [2.24, 2.45) is 0 Å². The van der Waals surface area contributed by atoms with Crippen LogP contribution in [-0.2, 0) is 5.41 Å². The fourth-order valence-electron chi connectivity index (χ4n) is 10.0. The molecule has 2 atom stereocenters. The quantitative estimate of drug-likeness (QED) is 0.182. The summed E-state index contributed by atoms with van der Waals surface area (Å²) in [6, 6.07) is 62.2. The molecule has 3 nitrogen and oxygen atoms in total. The Hall–Kier alpha value is -6.36. The summed E-state index contributed by atoms with van der Waals surface area (Å²) >= 11 is 1.75. The SMILES string of the molecule is c1ccc(-c2ccc3c(c2)C24CCC(c5ccccc52)c2c(-c5ccccc5)ccc(c24)N3c2nc(-c3ccccc3)c3c(n2)sc2ccccc23)cc1. The third-order valence-corrected chi connectivity index (χ3v) is 13.3. The van der Waals surface area contributed by atoms with Crippen LogP contribution in [0.5, 0.6) is 0 Å². The average Bonchev–Trinajstić information content (AvgIpc) is 3.63. The fraction of sp³-hybridized carbons (Fsp3) is 0.0800. The lowest BCUT2D eigenvalue weighted by Crippen LogP contribution is -2.45. The zero-order chi connectivity index (χ0) is 35.4.